The fraction of sp³-hybridized carbons (Fsp3) is 0.859. The van der Waals surface area contributed by atoms with Crippen molar-refractivity contribution in [2.75, 3.05) is 13.2 Å². The zero-order valence-electron chi connectivity index (χ0n) is 47.6. The largest absolute Gasteiger partial charge is 0.394 e. The third-order valence-electron chi connectivity index (χ3n) is 14.9. The Hall–Kier alpha value is -1.85. The molecular weight excluding hydrogens is 911 g/mol. The van der Waals surface area contributed by atoms with Crippen LogP contribution in [0.3, 0.4) is 0 Å². The number of hydrogen-bond acceptors (Lipinski definition) is 8. The van der Waals surface area contributed by atoms with E-state index in [1.807, 2.05) is 6.08 Å². The molecule has 73 heavy (non-hydrogen) atoms. The molecule has 0 bridgehead atoms. The minimum atomic E-state index is -1.57. The van der Waals surface area contributed by atoms with E-state index in [0.29, 0.717) is 6.42 Å². The summed E-state index contributed by atoms with van der Waals surface area (Å²) in [6.07, 6.45) is 64.9. The van der Waals surface area contributed by atoms with Crippen LogP contribution in [-0.4, -0.2) is 87.5 Å². The zero-order valence-corrected chi connectivity index (χ0v) is 47.6. The molecule has 7 atom stereocenters. The molecule has 1 heterocycles. The van der Waals surface area contributed by atoms with Gasteiger partial charge in [0.15, 0.2) is 6.29 Å². The van der Waals surface area contributed by atoms with Gasteiger partial charge in [-0.05, 0) is 64.2 Å². The summed E-state index contributed by atoms with van der Waals surface area (Å²) in [6, 6.07) is -0.821. The Kier molecular flexibility index (Phi) is 50.7. The van der Waals surface area contributed by atoms with Gasteiger partial charge in [-0.2, -0.15) is 0 Å². The zero-order chi connectivity index (χ0) is 52.9. The summed E-state index contributed by atoms with van der Waals surface area (Å²) in [4.78, 5) is 13.1. The number of amides is 1. The maximum Gasteiger partial charge on any atom is 0.220 e. The first kappa shape index (κ1) is 69.2. The molecule has 7 unspecified atom stereocenters. The van der Waals surface area contributed by atoms with Crippen molar-refractivity contribution in [3.05, 3.63) is 48.6 Å². The van der Waals surface area contributed by atoms with E-state index in [1.165, 1.54) is 231 Å². The van der Waals surface area contributed by atoms with E-state index in [0.717, 1.165) is 44.9 Å². The first-order valence-corrected chi connectivity index (χ1v) is 31.4. The van der Waals surface area contributed by atoms with Gasteiger partial charge in [0.05, 0.1) is 25.4 Å². The monoisotopic (exact) mass is 1030 g/mol. The van der Waals surface area contributed by atoms with E-state index >= 15 is 0 Å². The first-order chi connectivity index (χ1) is 35.8. The molecule has 0 aromatic rings. The molecule has 9 nitrogen and oxygen atoms in total. The third kappa shape index (κ3) is 42.9. The Morgan fingerprint density at radius 2 is 0.822 bits per heavy atom. The first-order valence-electron chi connectivity index (χ1n) is 31.4. The summed E-state index contributed by atoms with van der Waals surface area (Å²) >= 11 is 0. The van der Waals surface area contributed by atoms with Gasteiger partial charge >= 0.3 is 0 Å². The van der Waals surface area contributed by atoms with Crippen molar-refractivity contribution in [2.24, 2.45) is 0 Å². The van der Waals surface area contributed by atoms with Crippen LogP contribution in [-0.2, 0) is 14.3 Å². The van der Waals surface area contributed by atoms with Crippen LogP contribution >= 0.6 is 0 Å². The van der Waals surface area contributed by atoms with E-state index in [2.05, 4.69) is 55.6 Å². The minimum Gasteiger partial charge on any atom is -0.394 e. The van der Waals surface area contributed by atoms with Crippen LogP contribution in [0.15, 0.2) is 48.6 Å². The van der Waals surface area contributed by atoms with Gasteiger partial charge in [-0.25, -0.2) is 0 Å². The molecule has 6 N–H and O–H groups in total. The number of carbonyl (C=O) groups excluding carboxylic acids is 1. The number of carbonyl (C=O) groups is 1. The smallest absolute Gasteiger partial charge is 0.220 e. The second-order valence-electron chi connectivity index (χ2n) is 21.8. The van der Waals surface area contributed by atoms with Gasteiger partial charge < -0.3 is 40.3 Å². The lowest BCUT2D eigenvalue weighted by Crippen LogP contribution is -2.60. The number of unbranched alkanes of at least 4 members (excludes halogenated alkanes) is 38. The number of aliphatic hydroxyl groups excluding tert-OH is 5. The second-order valence-corrected chi connectivity index (χ2v) is 21.8. The number of rotatable bonds is 54. The van der Waals surface area contributed by atoms with Crippen LogP contribution in [0.1, 0.15) is 296 Å². The molecule has 0 aromatic carbocycles. The summed E-state index contributed by atoms with van der Waals surface area (Å²) in [5, 5.41) is 54.5. The lowest BCUT2D eigenvalue weighted by Gasteiger charge is -2.40. The fourth-order valence-corrected chi connectivity index (χ4v) is 9.91. The standard InChI is InChI=1S/C64H119NO8/c1-3-5-7-9-11-13-15-17-19-21-22-23-24-25-26-27-28-29-30-31-32-33-34-35-36-38-40-42-44-46-48-50-52-54-60(68)65-57(56-72-64-63(71)62(70)61(69)59(55-66)73-64)58(67)53-51-49-47-45-43-41-39-37-20-18-16-14-12-10-8-6-4-2/h15,17,21-22,43,45,51,53,57-59,61-64,66-67,69-71H,3-14,16,18-20,23-42,44,46-50,52,54-56H2,1-2H3,(H,65,68)/b17-15-,22-21-,45-43+,53-51+. The van der Waals surface area contributed by atoms with Crippen LogP contribution in [0.4, 0.5) is 0 Å². The maximum absolute atomic E-state index is 13.1. The molecular formula is C64H119NO8. The summed E-state index contributed by atoms with van der Waals surface area (Å²) in [5.41, 5.74) is 0. The summed E-state index contributed by atoms with van der Waals surface area (Å²) in [7, 11) is 0. The normalized spacial score (nSPS) is 19.4. The molecule has 0 aliphatic carbocycles. The molecule has 1 aliphatic rings. The molecule has 1 saturated heterocycles. The number of allylic oxidation sites excluding steroid dienone is 7. The van der Waals surface area contributed by atoms with Gasteiger partial charge in [-0.3, -0.25) is 4.79 Å². The van der Waals surface area contributed by atoms with E-state index in [4.69, 9.17) is 9.47 Å². The molecule has 1 rings (SSSR count). The Labute approximate surface area is 450 Å². The number of aliphatic hydroxyl groups is 5. The Morgan fingerprint density at radius 3 is 1.23 bits per heavy atom. The van der Waals surface area contributed by atoms with Crippen LogP contribution < -0.4 is 5.32 Å². The summed E-state index contributed by atoms with van der Waals surface area (Å²) in [5.74, 6) is -0.182. The summed E-state index contributed by atoms with van der Waals surface area (Å²) < 4.78 is 11.3. The minimum absolute atomic E-state index is 0.182. The lowest BCUT2D eigenvalue weighted by atomic mass is 9.99. The van der Waals surface area contributed by atoms with Crippen molar-refractivity contribution in [3.8, 4) is 0 Å². The topological polar surface area (TPSA) is 149 Å². The van der Waals surface area contributed by atoms with Crippen molar-refractivity contribution < 1.29 is 39.8 Å². The number of ether oxygens (including phenoxy) is 2. The fourth-order valence-electron chi connectivity index (χ4n) is 9.91. The Bertz CT molecular complexity index is 1290. The molecule has 0 aromatic heterocycles. The highest BCUT2D eigenvalue weighted by Crippen LogP contribution is 2.23. The molecule has 9 heteroatoms. The van der Waals surface area contributed by atoms with Crippen molar-refractivity contribution in [3.63, 3.8) is 0 Å². The SMILES string of the molecule is CCCCCCC/C=C\C/C=C\CCCCCCCCCCCCCCCCCCCCCCCC(=O)NC(COC1OC(CO)C(O)C(O)C1O)C(O)/C=C/CC/C=C/CCCCCCCCCCCCC. The highest BCUT2D eigenvalue weighted by Gasteiger charge is 2.44. The quantitative estimate of drug-likeness (QED) is 0.0261. The molecule has 1 aliphatic heterocycles. The Morgan fingerprint density at radius 1 is 0.466 bits per heavy atom. The molecule has 0 spiro atoms. The van der Waals surface area contributed by atoms with Crippen molar-refractivity contribution >= 4 is 5.91 Å². The van der Waals surface area contributed by atoms with Crippen LogP contribution in [0.5, 0.6) is 0 Å². The highest BCUT2D eigenvalue weighted by molar-refractivity contribution is 5.76. The van der Waals surface area contributed by atoms with E-state index in [1.54, 1.807) is 6.08 Å². The summed E-state index contributed by atoms with van der Waals surface area (Å²) in [6.45, 7) is 3.78. The molecule has 1 amide bonds. The average Bonchev–Trinajstić information content (AvgIpc) is 3.39. The number of hydrogen-bond donors (Lipinski definition) is 6. The van der Waals surface area contributed by atoms with E-state index in [-0.39, 0.29) is 12.5 Å². The average molecular weight is 1030 g/mol. The van der Waals surface area contributed by atoms with Crippen molar-refractivity contribution in [2.45, 2.75) is 339 Å². The third-order valence-corrected chi connectivity index (χ3v) is 14.9. The number of nitrogens with one attached hydrogen (secondary N) is 1. The molecule has 428 valence electrons. The van der Waals surface area contributed by atoms with E-state index in [9.17, 15) is 30.3 Å². The van der Waals surface area contributed by atoms with Crippen LogP contribution in [0.25, 0.3) is 0 Å². The molecule has 0 radical (unpaired) electrons. The Balaban J connectivity index is 2.13. The van der Waals surface area contributed by atoms with Gasteiger partial charge in [-0.15, -0.1) is 0 Å². The molecule has 0 saturated carbocycles. The maximum atomic E-state index is 13.1. The van der Waals surface area contributed by atoms with Crippen LogP contribution in [0.2, 0.25) is 0 Å². The molecule has 1 fully saturated rings. The van der Waals surface area contributed by atoms with Gasteiger partial charge in [0.25, 0.3) is 0 Å². The lowest BCUT2D eigenvalue weighted by molar-refractivity contribution is -0.302. The van der Waals surface area contributed by atoms with Gasteiger partial charge in [0, 0.05) is 6.42 Å². The van der Waals surface area contributed by atoms with Gasteiger partial charge in [0.1, 0.15) is 24.4 Å². The highest BCUT2D eigenvalue weighted by atomic mass is 16.7. The second kappa shape index (κ2) is 53.5. The predicted molar refractivity (Wildman–Crippen MR) is 309 cm³/mol. The predicted octanol–water partition coefficient (Wildman–Crippen LogP) is 16.1. The van der Waals surface area contributed by atoms with Crippen molar-refractivity contribution in [1.29, 1.82) is 0 Å². The van der Waals surface area contributed by atoms with E-state index < -0.39 is 49.5 Å². The van der Waals surface area contributed by atoms with Gasteiger partial charge in [-0.1, -0.05) is 274 Å². The van der Waals surface area contributed by atoms with Crippen molar-refractivity contribution in [1.82, 2.24) is 5.32 Å². The van der Waals surface area contributed by atoms with Crippen LogP contribution in [0, 0.1) is 0 Å². The van der Waals surface area contributed by atoms with Gasteiger partial charge in [0.2, 0.25) is 5.91 Å².